The van der Waals surface area contributed by atoms with Crippen LogP contribution in [-0.2, 0) is 16.2 Å². The lowest BCUT2D eigenvalue weighted by atomic mass is 10.2. The van der Waals surface area contributed by atoms with Gasteiger partial charge in [-0.2, -0.15) is 13.2 Å². The number of rotatable bonds is 6. The molecule has 0 aromatic heterocycles. The van der Waals surface area contributed by atoms with Crippen LogP contribution in [0.25, 0.3) is 0 Å². The predicted molar refractivity (Wildman–Crippen MR) is 78.5 cm³/mol. The van der Waals surface area contributed by atoms with Crippen LogP contribution in [0.4, 0.5) is 17.6 Å². The van der Waals surface area contributed by atoms with Gasteiger partial charge in [0.25, 0.3) is 0 Å². The van der Waals surface area contributed by atoms with Crippen molar-refractivity contribution < 1.29 is 30.7 Å². The molecular formula is C15H13F4NO3S. The first-order valence-corrected chi connectivity index (χ1v) is 8.23. The number of halogens is 4. The fourth-order valence-electron chi connectivity index (χ4n) is 1.89. The average Bonchev–Trinajstić information content (AvgIpc) is 2.52. The van der Waals surface area contributed by atoms with Gasteiger partial charge < -0.3 is 4.74 Å². The van der Waals surface area contributed by atoms with Gasteiger partial charge in [0.15, 0.2) is 0 Å². The Morgan fingerprint density at radius 3 is 2.25 bits per heavy atom. The second-order valence-corrected chi connectivity index (χ2v) is 6.43. The van der Waals surface area contributed by atoms with E-state index in [1.54, 1.807) is 0 Å². The van der Waals surface area contributed by atoms with Gasteiger partial charge in [0.05, 0.1) is 10.5 Å². The molecule has 24 heavy (non-hydrogen) atoms. The topological polar surface area (TPSA) is 55.4 Å². The van der Waals surface area contributed by atoms with Gasteiger partial charge in [0.2, 0.25) is 10.0 Å². The first-order valence-electron chi connectivity index (χ1n) is 6.74. The van der Waals surface area contributed by atoms with Crippen LogP contribution in [0.15, 0.2) is 53.4 Å². The average molecular weight is 363 g/mol. The standard InChI is InChI=1S/C15H13F4NO3S/c16-11-5-7-12(8-6-11)23-10-9-20-24(21,22)14-4-2-1-3-13(14)15(17,18)19/h1-8,20H,9-10H2. The number of alkyl halides is 3. The number of benzene rings is 2. The zero-order valence-corrected chi connectivity index (χ0v) is 13.0. The maximum absolute atomic E-state index is 12.9. The van der Waals surface area contributed by atoms with E-state index >= 15 is 0 Å². The summed E-state index contributed by atoms with van der Waals surface area (Å²) < 4.78 is 82.6. The largest absolute Gasteiger partial charge is 0.492 e. The second-order valence-electron chi connectivity index (χ2n) is 4.69. The molecule has 4 nitrogen and oxygen atoms in total. The number of hydrogen-bond acceptors (Lipinski definition) is 3. The first kappa shape index (κ1) is 18.2. The SMILES string of the molecule is O=S(=O)(NCCOc1ccc(F)cc1)c1ccccc1C(F)(F)F. The van der Waals surface area contributed by atoms with Crippen LogP contribution in [0, 0.1) is 5.82 Å². The molecule has 2 rings (SSSR count). The summed E-state index contributed by atoms with van der Waals surface area (Å²) >= 11 is 0. The molecule has 0 saturated carbocycles. The molecule has 0 bridgehead atoms. The van der Waals surface area contributed by atoms with Crippen molar-refractivity contribution >= 4 is 10.0 Å². The molecule has 0 aliphatic carbocycles. The van der Waals surface area contributed by atoms with E-state index in [-0.39, 0.29) is 13.2 Å². The van der Waals surface area contributed by atoms with Crippen molar-refractivity contribution in [2.75, 3.05) is 13.2 Å². The van der Waals surface area contributed by atoms with E-state index in [1.807, 2.05) is 4.72 Å². The van der Waals surface area contributed by atoms with Crippen LogP contribution in [0.2, 0.25) is 0 Å². The molecule has 0 aliphatic heterocycles. The summed E-state index contributed by atoms with van der Waals surface area (Å²) in [6.07, 6.45) is -4.78. The second kappa shape index (κ2) is 7.18. The van der Waals surface area contributed by atoms with Gasteiger partial charge in [-0.05, 0) is 36.4 Å². The quantitative estimate of drug-likeness (QED) is 0.633. The van der Waals surface area contributed by atoms with E-state index in [2.05, 4.69) is 0 Å². The Labute approximate surface area is 136 Å². The third kappa shape index (κ3) is 4.68. The van der Waals surface area contributed by atoms with Crippen LogP contribution in [0.5, 0.6) is 5.75 Å². The van der Waals surface area contributed by atoms with Crippen LogP contribution in [0.1, 0.15) is 5.56 Å². The van der Waals surface area contributed by atoms with Gasteiger partial charge >= 0.3 is 6.18 Å². The molecule has 0 spiro atoms. The minimum absolute atomic E-state index is 0.126. The molecule has 9 heteroatoms. The minimum Gasteiger partial charge on any atom is -0.492 e. The van der Waals surface area contributed by atoms with Gasteiger partial charge in [0.1, 0.15) is 18.2 Å². The minimum atomic E-state index is -4.78. The summed E-state index contributed by atoms with van der Waals surface area (Å²) in [5.74, 6) is -0.141. The molecule has 0 heterocycles. The Bertz CT molecular complexity index is 789. The molecule has 2 aromatic carbocycles. The maximum atomic E-state index is 12.9. The summed E-state index contributed by atoms with van der Waals surface area (Å²) in [7, 11) is -4.35. The summed E-state index contributed by atoms with van der Waals surface area (Å²) in [6, 6.07) is 8.93. The first-order chi connectivity index (χ1) is 11.2. The Balaban J connectivity index is 2.01. The number of ether oxygens (including phenoxy) is 1. The summed E-state index contributed by atoms with van der Waals surface area (Å²) in [5.41, 5.74) is -1.24. The van der Waals surface area contributed by atoms with Crippen molar-refractivity contribution in [2.45, 2.75) is 11.1 Å². The van der Waals surface area contributed by atoms with Gasteiger partial charge in [-0.15, -0.1) is 0 Å². The normalized spacial score (nSPS) is 12.2. The highest BCUT2D eigenvalue weighted by molar-refractivity contribution is 7.89. The van der Waals surface area contributed by atoms with E-state index in [0.717, 1.165) is 12.1 Å². The molecule has 0 amide bonds. The van der Waals surface area contributed by atoms with Gasteiger partial charge in [-0.3, -0.25) is 0 Å². The van der Waals surface area contributed by atoms with Crippen molar-refractivity contribution in [2.24, 2.45) is 0 Å². The van der Waals surface area contributed by atoms with Crippen molar-refractivity contribution in [3.63, 3.8) is 0 Å². The number of nitrogens with one attached hydrogen (secondary N) is 1. The monoisotopic (exact) mass is 363 g/mol. The van der Waals surface area contributed by atoms with Crippen LogP contribution in [0.3, 0.4) is 0 Å². The van der Waals surface area contributed by atoms with Crippen molar-refractivity contribution in [1.82, 2.24) is 4.72 Å². The lowest BCUT2D eigenvalue weighted by molar-refractivity contribution is -0.139. The number of sulfonamides is 1. The molecule has 0 fully saturated rings. The van der Waals surface area contributed by atoms with E-state index in [4.69, 9.17) is 4.74 Å². The molecule has 0 saturated heterocycles. The van der Waals surface area contributed by atoms with Crippen molar-refractivity contribution in [3.8, 4) is 5.75 Å². The molecular weight excluding hydrogens is 350 g/mol. The van der Waals surface area contributed by atoms with Crippen molar-refractivity contribution in [3.05, 3.63) is 59.9 Å². The zero-order valence-electron chi connectivity index (χ0n) is 12.2. The van der Waals surface area contributed by atoms with E-state index in [0.29, 0.717) is 11.8 Å². The molecule has 0 atom stereocenters. The highest BCUT2D eigenvalue weighted by Crippen LogP contribution is 2.33. The maximum Gasteiger partial charge on any atom is 0.417 e. The molecule has 130 valence electrons. The number of hydrogen-bond donors (Lipinski definition) is 1. The molecule has 1 N–H and O–H groups in total. The van der Waals surface area contributed by atoms with Gasteiger partial charge in [-0.1, -0.05) is 12.1 Å². The fourth-order valence-corrected chi connectivity index (χ4v) is 3.13. The highest BCUT2D eigenvalue weighted by Gasteiger charge is 2.36. The fraction of sp³-hybridized carbons (Fsp3) is 0.200. The third-order valence-electron chi connectivity index (χ3n) is 2.96. The van der Waals surface area contributed by atoms with E-state index < -0.39 is 32.5 Å². The molecule has 0 unspecified atom stereocenters. The Hall–Kier alpha value is -2.13. The summed E-state index contributed by atoms with van der Waals surface area (Å²) in [5, 5.41) is 0. The lowest BCUT2D eigenvalue weighted by Crippen LogP contribution is -2.30. The Morgan fingerprint density at radius 2 is 1.62 bits per heavy atom. The van der Waals surface area contributed by atoms with Crippen LogP contribution >= 0.6 is 0 Å². The smallest absolute Gasteiger partial charge is 0.417 e. The Kier molecular flexibility index (Phi) is 5.45. The molecule has 0 aliphatic rings. The van der Waals surface area contributed by atoms with Crippen LogP contribution in [-0.4, -0.2) is 21.6 Å². The van der Waals surface area contributed by atoms with E-state index in [1.165, 1.54) is 30.3 Å². The van der Waals surface area contributed by atoms with E-state index in [9.17, 15) is 26.0 Å². The highest BCUT2D eigenvalue weighted by atomic mass is 32.2. The molecule has 0 radical (unpaired) electrons. The van der Waals surface area contributed by atoms with Gasteiger partial charge in [-0.25, -0.2) is 17.5 Å². The molecule has 2 aromatic rings. The summed E-state index contributed by atoms with van der Waals surface area (Å²) in [6.45, 7) is -0.370. The predicted octanol–water partition coefficient (Wildman–Crippen LogP) is 3.20. The lowest BCUT2D eigenvalue weighted by Gasteiger charge is -2.14. The van der Waals surface area contributed by atoms with Crippen molar-refractivity contribution in [1.29, 1.82) is 0 Å². The third-order valence-corrected chi connectivity index (χ3v) is 4.48. The Morgan fingerprint density at radius 1 is 1.00 bits per heavy atom. The summed E-state index contributed by atoms with van der Waals surface area (Å²) in [4.78, 5) is -0.848. The van der Waals surface area contributed by atoms with Crippen LogP contribution < -0.4 is 9.46 Å². The van der Waals surface area contributed by atoms with Gasteiger partial charge in [0, 0.05) is 6.54 Å². The zero-order chi connectivity index (χ0) is 17.8.